The number of fused-ring (bicyclic) bond motifs is 3. The summed E-state index contributed by atoms with van der Waals surface area (Å²) in [5, 5.41) is 0. The zero-order valence-corrected chi connectivity index (χ0v) is 15.9. The number of pyridine rings is 1. The monoisotopic (exact) mass is 389 g/mol. The van der Waals surface area contributed by atoms with Crippen LogP contribution < -0.4 is 14.9 Å². The van der Waals surface area contributed by atoms with Crippen LogP contribution in [0.4, 0.5) is 4.39 Å². The van der Waals surface area contributed by atoms with Crippen LogP contribution in [0.3, 0.4) is 0 Å². The Kier molecular flexibility index (Phi) is 5.64. The summed E-state index contributed by atoms with van der Waals surface area (Å²) in [6.07, 6.45) is 0.643. The quantitative estimate of drug-likeness (QED) is 0.760. The van der Waals surface area contributed by atoms with Crippen molar-refractivity contribution >= 4 is 0 Å². The molecule has 1 fully saturated rings. The Labute approximate surface area is 162 Å². The van der Waals surface area contributed by atoms with E-state index in [2.05, 4.69) is 0 Å². The van der Waals surface area contributed by atoms with Crippen molar-refractivity contribution in [1.82, 2.24) is 4.57 Å². The highest BCUT2D eigenvalue weighted by Crippen LogP contribution is 2.35. The molecule has 0 spiro atoms. The number of nitrogens with zero attached hydrogens (tertiary/aromatic N) is 1. The maximum Gasteiger partial charge on any atom is 0.197 e. The van der Waals surface area contributed by atoms with Gasteiger partial charge in [-0.2, -0.15) is 0 Å². The van der Waals surface area contributed by atoms with Gasteiger partial charge in [0.1, 0.15) is 31.7 Å². The van der Waals surface area contributed by atoms with Crippen LogP contribution >= 0.6 is 0 Å². The molecule has 7 heteroatoms. The number of hydrogen-bond acceptors (Lipinski definition) is 5. The van der Waals surface area contributed by atoms with Crippen LogP contribution in [0.5, 0.6) is 11.6 Å². The normalized spacial score (nSPS) is 18.3. The van der Waals surface area contributed by atoms with E-state index in [-0.39, 0.29) is 18.1 Å². The fourth-order valence-electron chi connectivity index (χ4n) is 3.71. The minimum absolute atomic E-state index is 0.0405. The van der Waals surface area contributed by atoms with Crippen LogP contribution in [0.2, 0.25) is 0 Å². The first-order chi connectivity index (χ1) is 13.7. The van der Waals surface area contributed by atoms with Gasteiger partial charge in [-0.3, -0.25) is 4.79 Å². The highest BCUT2D eigenvalue weighted by molar-refractivity contribution is 5.70. The number of halogens is 1. The van der Waals surface area contributed by atoms with Crippen molar-refractivity contribution < 1.29 is 23.3 Å². The van der Waals surface area contributed by atoms with Crippen molar-refractivity contribution in [3.8, 4) is 22.9 Å². The van der Waals surface area contributed by atoms with E-state index in [1.165, 1.54) is 0 Å². The molecule has 6 nitrogen and oxygen atoms in total. The van der Waals surface area contributed by atoms with Gasteiger partial charge in [0.2, 0.25) is 0 Å². The van der Waals surface area contributed by atoms with Gasteiger partial charge >= 0.3 is 0 Å². The number of rotatable bonds is 6. The van der Waals surface area contributed by atoms with Crippen molar-refractivity contribution in [3.05, 3.63) is 45.6 Å². The van der Waals surface area contributed by atoms with E-state index in [0.717, 1.165) is 23.2 Å². The van der Waals surface area contributed by atoms with Crippen molar-refractivity contribution in [2.24, 2.45) is 0 Å². The van der Waals surface area contributed by atoms with Gasteiger partial charge in [-0.15, -0.1) is 0 Å². The van der Waals surface area contributed by atoms with Crippen molar-refractivity contribution in [2.45, 2.75) is 26.0 Å². The molecule has 2 aromatic rings. The summed E-state index contributed by atoms with van der Waals surface area (Å²) in [4.78, 5) is 12.6. The molecular formula is C21H24FNO5. The predicted molar refractivity (Wildman–Crippen MR) is 102 cm³/mol. The highest BCUT2D eigenvalue weighted by atomic mass is 19.1. The van der Waals surface area contributed by atoms with Gasteiger partial charge in [0, 0.05) is 23.7 Å². The predicted octanol–water partition coefficient (Wildman–Crippen LogP) is 2.52. The van der Waals surface area contributed by atoms with E-state index in [4.69, 9.17) is 18.9 Å². The lowest BCUT2D eigenvalue weighted by molar-refractivity contribution is -0.102. The lowest BCUT2D eigenvalue weighted by Crippen LogP contribution is -2.34. The van der Waals surface area contributed by atoms with Crippen LogP contribution in [0, 0.1) is 6.92 Å². The van der Waals surface area contributed by atoms with E-state index in [1.54, 1.807) is 6.07 Å². The number of benzene rings is 1. The van der Waals surface area contributed by atoms with Crippen LogP contribution in [0.15, 0.2) is 29.1 Å². The average molecular weight is 389 g/mol. The summed E-state index contributed by atoms with van der Waals surface area (Å²) in [5.74, 6) is 1.19. The van der Waals surface area contributed by atoms with E-state index < -0.39 is 6.67 Å². The third-order valence-corrected chi connectivity index (χ3v) is 5.10. The molecular weight excluding hydrogens is 365 g/mol. The molecule has 0 saturated carbocycles. The molecule has 150 valence electrons. The van der Waals surface area contributed by atoms with Crippen molar-refractivity contribution in [1.29, 1.82) is 0 Å². The summed E-state index contributed by atoms with van der Waals surface area (Å²) in [6.45, 7) is 4.03. The topological polar surface area (TPSA) is 58.9 Å². The first-order valence-corrected chi connectivity index (χ1v) is 9.56. The zero-order valence-electron chi connectivity index (χ0n) is 15.9. The second-order valence-corrected chi connectivity index (χ2v) is 6.96. The molecule has 1 saturated heterocycles. The molecule has 0 bridgehead atoms. The maximum atomic E-state index is 12.6. The molecule has 0 N–H and O–H groups in total. The van der Waals surface area contributed by atoms with Gasteiger partial charge < -0.3 is 23.5 Å². The first-order valence-electron chi connectivity index (χ1n) is 9.56. The summed E-state index contributed by atoms with van der Waals surface area (Å²) in [5.41, 5.74) is 3.55. The van der Waals surface area contributed by atoms with Crippen molar-refractivity contribution in [2.75, 3.05) is 39.7 Å². The number of aryl methyl sites for hydroxylation is 1. The van der Waals surface area contributed by atoms with E-state index in [9.17, 15) is 9.18 Å². The standard InChI is InChI=1S/C21H24FNO5/c1-14-19(24)11-20(28-13-17-12-25-8-9-27-17)23-6-4-15-10-16(26-7-5-22)2-3-18(15)21(14)23/h2-3,10-11,17H,4-9,12-13H2,1H3. The summed E-state index contributed by atoms with van der Waals surface area (Å²) < 4.78 is 36.8. The zero-order chi connectivity index (χ0) is 19.5. The largest absolute Gasteiger partial charge is 0.491 e. The van der Waals surface area contributed by atoms with E-state index in [0.29, 0.717) is 50.2 Å². The number of aromatic nitrogens is 1. The fourth-order valence-corrected chi connectivity index (χ4v) is 3.71. The minimum Gasteiger partial charge on any atom is -0.491 e. The smallest absolute Gasteiger partial charge is 0.197 e. The summed E-state index contributed by atoms with van der Waals surface area (Å²) >= 11 is 0. The molecule has 1 aromatic carbocycles. The number of hydrogen-bond donors (Lipinski definition) is 0. The lowest BCUT2D eigenvalue weighted by Gasteiger charge is -2.28. The third kappa shape index (κ3) is 3.77. The van der Waals surface area contributed by atoms with Gasteiger partial charge in [-0.25, -0.2) is 4.39 Å². The van der Waals surface area contributed by atoms with Crippen LogP contribution in [0.25, 0.3) is 11.3 Å². The molecule has 0 aliphatic carbocycles. The molecule has 0 amide bonds. The van der Waals surface area contributed by atoms with Crippen LogP contribution in [-0.4, -0.2) is 50.4 Å². The SMILES string of the molecule is Cc1c2n(c(OCC3COCCO3)cc1=O)CCc1cc(OCCF)ccc1-2. The van der Waals surface area contributed by atoms with Gasteiger partial charge in [-0.05, 0) is 37.1 Å². The highest BCUT2D eigenvalue weighted by Gasteiger charge is 2.23. The van der Waals surface area contributed by atoms with Gasteiger partial charge in [-0.1, -0.05) is 0 Å². The molecule has 1 aromatic heterocycles. The first kappa shape index (κ1) is 19.0. The second kappa shape index (κ2) is 8.32. The Morgan fingerprint density at radius 1 is 1.25 bits per heavy atom. The average Bonchev–Trinajstić information content (AvgIpc) is 2.73. The molecule has 4 rings (SSSR count). The maximum absolute atomic E-state index is 12.6. The second-order valence-electron chi connectivity index (χ2n) is 6.96. The lowest BCUT2D eigenvalue weighted by atomic mass is 9.94. The van der Waals surface area contributed by atoms with E-state index in [1.807, 2.05) is 29.7 Å². The Morgan fingerprint density at radius 2 is 2.14 bits per heavy atom. The van der Waals surface area contributed by atoms with E-state index >= 15 is 0 Å². The van der Waals surface area contributed by atoms with Crippen molar-refractivity contribution in [3.63, 3.8) is 0 Å². The number of ether oxygens (including phenoxy) is 4. The molecule has 2 aliphatic rings. The molecule has 28 heavy (non-hydrogen) atoms. The fraction of sp³-hybridized carbons (Fsp3) is 0.476. The summed E-state index contributed by atoms with van der Waals surface area (Å²) in [6, 6.07) is 7.22. The van der Waals surface area contributed by atoms with Gasteiger partial charge in [0.05, 0.1) is 25.5 Å². The summed E-state index contributed by atoms with van der Waals surface area (Å²) in [7, 11) is 0. The minimum atomic E-state index is -0.523. The third-order valence-electron chi connectivity index (χ3n) is 5.10. The van der Waals surface area contributed by atoms with Crippen LogP contribution in [0.1, 0.15) is 11.1 Å². The molecule has 1 atom stereocenters. The Bertz CT molecular complexity index is 904. The molecule has 1 unspecified atom stereocenters. The Hall–Kier alpha value is -2.38. The van der Waals surface area contributed by atoms with Gasteiger partial charge in [0.15, 0.2) is 11.3 Å². The molecule has 2 aliphatic heterocycles. The Balaban J connectivity index is 1.64. The van der Waals surface area contributed by atoms with Crippen LogP contribution in [-0.2, 0) is 22.4 Å². The molecule has 0 radical (unpaired) electrons. The van der Waals surface area contributed by atoms with Gasteiger partial charge in [0.25, 0.3) is 0 Å². The molecule has 3 heterocycles. The number of alkyl halides is 1. The Morgan fingerprint density at radius 3 is 2.93 bits per heavy atom.